The number of carbonyl (C=O) groups is 2. The predicted octanol–water partition coefficient (Wildman–Crippen LogP) is -0.154. The van der Waals surface area contributed by atoms with Crippen LogP contribution in [0.1, 0.15) is 13.3 Å². The third-order valence-corrected chi connectivity index (χ3v) is 1.32. The highest BCUT2D eigenvalue weighted by atomic mass is 16.3. The number of carbonyl (C=O) groups excluding carboxylic acids is 2. The van der Waals surface area contributed by atoms with Crippen molar-refractivity contribution in [2.75, 3.05) is 7.05 Å². The summed E-state index contributed by atoms with van der Waals surface area (Å²) in [6.07, 6.45) is -0.157. The second-order valence-electron chi connectivity index (χ2n) is 2.14. The summed E-state index contributed by atoms with van der Waals surface area (Å²) in [7, 11) is 1.55. The second-order valence-corrected chi connectivity index (χ2v) is 2.14. The van der Waals surface area contributed by atoms with Crippen LogP contribution in [0.15, 0.2) is 5.18 Å². The zero-order valence-electron chi connectivity index (χ0n) is 6.46. The molecule has 1 N–H and O–H groups in total. The topological polar surface area (TPSA) is 75.6 Å². The van der Waals surface area contributed by atoms with Crippen molar-refractivity contribution in [1.29, 1.82) is 0 Å². The largest absolute Gasteiger partial charge is 0.310 e. The summed E-state index contributed by atoms with van der Waals surface area (Å²) in [5, 5.41) is 4.77. The first kappa shape index (κ1) is 9.90. The van der Waals surface area contributed by atoms with Crippen LogP contribution in [-0.2, 0) is 9.59 Å². The average Bonchev–Trinajstić information content (AvgIpc) is 1.99. The molecule has 0 fully saturated rings. The predicted molar refractivity (Wildman–Crippen MR) is 38.9 cm³/mol. The van der Waals surface area contributed by atoms with Crippen LogP contribution in [0.2, 0.25) is 0 Å². The van der Waals surface area contributed by atoms with Gasteiger partial charge >= 0.3 is 0 Å². The molecule has 0 radical (unpaired) electrons. The molecule has 0 bridgehead atoms. The summed E-state index contributed by atoms with van der Waals surface area (Å²) in [6.45, 7) is 1.35. The molecule has 5 heteroatoms. The first-order valence-corrected chi connectivity index (χ1v) is 3.15. The maximum Gasteiger partial charge on any atom is 0.288 e. The maximum atomic E-state index is 10.7. The molecular weight excluding hydrogens is 148 g/mol. The minimum Gasteiger partial charge on any atom is -0.310 e. The van der Waals surface area contributed by atoms with Gasteiger partial charge in [-0.2, -0.15) is 0 Å². The highest BCUT2D eigenvalue weighted by molar-refractivity contribution is 5.88. The fraction of sp³-hybridized carbons (Fsp3) is 0.667. The van der Waals surface area contributed by atoms with E-state index in [-0.39, 0.29) is 12.2 Å². The van der Waals surface area contributed by atoms with Crippen LogP contribution < -0.4 is 5.32 Å². The zero-order chi connectivity index (χ0) is 8.85. The number of rotatable bonds is 4. The Bertz CT molecular complexity index is 179. The van der Waals surface area contributed by atoms with Crippen LogP contribution in [0, 0.1) is 4.91 Å². The van der Waals surface area contributed by atoms with Gasteiger partial charge in [0.1, 0.15) is 5.78 Å². The van der Waals surface area contributed by atoms with Gasteiger partial charge in [0.05, 0.1) is 12.5 Å². The molecule has 0 spiro atoms. The summed E-state index contributed by atoms with van der Waals surface area (Å²) in [5.41, 5.74) is 0. The Balaban J connectivity index is 3.97. The van der Waals surface area contributed by atoms with Gasteiger partial charge in [0, 0.05) is 5.18 Å². The molecule has 0 aromatic heterocycles. The van der Waals surface area contributed by atoms with E-state index in [1.165, 1.54) is 6.92 Å². The molecule has 0 aromatic rings. The summed E-state index contributed by atoms with van der Waals surface area (Å²) in [4.78, 5) is 30.7. The molecule has 0 aliphatic carbocycles. The van der Waals surface area contributed by atoms with E-state index in [1.807, 2.05) is 0 Å². The minimum atomic E-state index is -0.806. The van der Waals surface area contributed by atoms with Crippen molar-refractivity contribution in [3.63, 3.8) is 0 Å². The molecule has 11 heavy (non-hydrogen) atoms. The summed E-state index contributed by atoms with van der Waals surface area (Å²) in [6, 6.07) is -0.583. The number of nitrogens with zero attached hydrogens (tertiary/aromatic N) is 1. The molecule has 0 aromatic carbocycles. The molecule has 0 rings (SSSR count). The molecule has 0 aliphatic rings. The van der Waals surface area contributed by atoms with Crippen LogP contribution in [0.4, 0.5) is 0 Å². The number of nitroso groups, excluding NO2 is 1. The van der Waals surface area contributed by atoms with E-state index in [0.29, 0.717) is 0 Å². The maximum absolute atomic E-state index is 10.7. The van der Waals surface area contributed by atoms with Crippen LogP contribution in [0.5, 0.6) is 0 Å². The van der Waals surface area contributed by atoms with Crippen LogP contribution >= 0.6 is 0 Å². The van der Waals surface area contributed by atoms with Crippen molar-refractivity contribution in [2.24, 2.45) is 5.18 Å². The molecule has 0 aliphatic heterocycles. The van der Waals surface area contributed by atoms with E-state index >= 15 is 0 Å². The lowest BCUT2D eigenvalue weighted by molar-refractivity contribution is -0.124. The van der Waals surface area contributed by atoms with Gasteiger partial charge in [-0.3, -0.25) is 9.59 Å². The lowest BCUT2D eigenvalue weighted by Gasteiger charge is -2.07. The number of nitrogens with one attached hydrogen (secondary N) is 1. The Morgan fingerprint density at radius 2 is 2.09 bits per heavy atom. The number of amides is 1. The summed E-state index contributed by atoms with van der Waals surface area (Å²) in [5.74, 6) is -0.982. The average molecular weight is 158 g/mol. The molecular formula is C6H10N2O3. The molecule has 0 saturated carbocycles. The van der Waals surface area contributed by atoms with Gasteiger partial charge in [0.2, 0.25) is 0 Å². The Labute approximate surface area is 64.1 Å². The van der Waals surface area contributed by atoms with E-state index in [9.17, 15) is 14.5 Å². The van der Waals surface area contributed by atoms with Crippen LogP contribution in [0.25, 0.3) is 0 Å². The Morgan fingerprint density at radius 1 is 1.55 bits per heavy atom. The fourth-order valence-electron chi connectivity index (χ4n) is 0.661. The quantitative estimate of drug-likeness (QED) is 0.577. The van der Waals surface area contributed by atoms with Crippen LogP contribution in [-0.4, -0.2) is 24.8 Å². The third kappa shape index (κ3) is 3.57. The fourth-order valence-corrected chi connectivity index (χ4v) is 0.661. The Hall–Kier alpha value is -1.10. The van der Waals surface area contributed by atoms with Gasteiger partial charge in [-0.15, -0.1) is 4.91 Å². The molecule has 0 heterocycles. The molecule has 5 nitrogen and oxygen atoms in total. The zero-order valence-corrected chi connectivity index (χ0v) is 6.46. The second kappa shape index (κ2) is 4.68. The lowest BCUT2D eigenvalue weighted by Crippen LogP contribution is -2.34. The normalized spacial score (nSPS) is 12.2. The first-order valence-electron chi connectivity index (χ1n) is 3.15. The smallest absolute Gasteiger partial charge is 0.288 e. The van der Waals surface area contributed by atoms with Crippen molar-refractivity contribution in [3.05, 3.63) is 4.91 Å². The number of likely N-dealkylation sites (N-methyl/N-ethyl adjacent to an activating group) is 1. The SMILES string of the molecule is CNC(CC(=O)N=O)C(C)=O. The lowest BCUT2D eigenvalue weighted by atomic mass is 10.1. The van der Waals surface area contributed by atoms with Crippen molar-refractivity contribution in [3.8, 4) is 0 Å². The first-order chi connectivity index (χ1) is 5.11. The standard InChI is InChI=1S/C6H10N2O3/c1-4(9)5(7-2)3-6(10)8-11/h5,7H,3H2,1-2H3. The van der Waals surface area contributed by atoms with Gasteiger partial charge in [0.25, 0.3) is 5.91 Å². The van der Waals surface area contributed by atoms with E-state index < -0.39 is 11.9 Å². The monoisotopic (exact) mass is 158 g/mol. The van der Waals surface area contributed by atoms with E-state index in [2.05, 4.69) is 10.5 Å². The molecule has 1 atom stereocenters. The van der Waals surface area contributed by atoms with Gasteiger partial charge in [-0.05, 0) is 14.0 Å². The highest BCUT2D eigenvalue weighted by Crippen LogP contribution is 1.94. The summed E-state index contributed by atoms with van der Waals surface area (Å²) >= 11 is 0. The van der Waals surface area contributed by atoms with Crippen molar-refractivity contribution >= 4 is 11.7 Å². The van der Waals surface area contributed by atoms with Gasteiger partial charge < -0.3 is 5.32 Å². The molecule has 0 saturated heterocycles. The van der Waals surface area contributed by atoms with E-state index in [0.717, 1.165) is 0 Å². The van der Waals surface area contributed by atoms with Gasteiger partial charge in [0.15, 0.2) is 0 Å². The number of ketones is 1. The van der Waals surface area contributed by atoms with Crippen LogP contribution in [0.3, 0.4) is 0 Å². The van der Waals surface area contributed by atoms with E-state index in [1.54, 1.807) is 7.05 Å². The number of Topliss-reactive ketones (excluding diaryl/α,β-unsaturated/α-hetero) is 1. The minimum absolute atomic E-state index is 0.157. The van der Waals surface area contributed by atoms with Crippen molar-refractivity contribution < 1.29 is 9.59 Å². The van der Waals surface area contributed by atoms with Gasteiger partial charge in [-0.25, -0.2) is 0 Å². The molecule has 1 unspecified atom stereocenters. The molecule has 1 amide bonds. The van der Waals surface area contributed by atoms with Gasteiger partial charge in [-0.1, -0.05) is 0 Å². The summed E-state index contributed by atoms with van der Waals surface area (Å²) < 4.78 is 0. The van der Waals surface area contributed by atoms with Crippen molar-refractivity contribution in [1.82, 2.24) is 5.32 Å². The third-order valence-electron chi connectivity index (χ3n) is 1.32. The Morgan fingerprint density at radius 3 is 2.36 bits per heavy atom. The van der Waals surface area contributed by atoms with Crippen molar-refractivity contribution in [2.45, 2.75) is 19.4 Å². The Kier molecular flexibility index (Phi) is 4.21. The van der Waals surface area contributed by atoms with E-state index in [4.69, 9.17) is 0 Å². The number of hydrogen-bond donors (Lipinski definition) is 1. The number of hydrogen-bond acceptors (Lipinski definition) is 4. The highest BCUT2D eigenvalue weighted by Gasteiger charge is 2.15. The molecule has 62 valence electrons.